The molecule has 0 aliphatic rings. The number of carbonyl (C=O) groups excluding carboxylic acids is 1. The highest BCUT2D eigenvalue weighted by Crippen LogP contribution is 2.11. The zero-order valence-corrected chi connectivity index (χ0v) is 12.6. The first kappa shape index (κ1) is 15.6. The van der Waals surface area contributed by atoms with Gasteiger partial charge in [-0.25, -0.2) is 4.39 Å². The van der Waals surface area contributed by atoms with Crippen LogP contribution in [-0.2, 0) is 0 Å². The summed E-state index contributed by atoms with van der Waals surface area (Å²) in [6, 6.07) is 13.2. The fraction of sp³-hybridized carbons (Fsp3) is 0.167. The van der Waals surface area contributed by atoms with Gasteiger partial charge in [-0.05, 0) is 48.5 Å². The van der Waals surface area contributed by atoms with Crippen LogP contribution in [0.25, 0.3) is 0 Å². The SMILES string of the molecule is CN(C)c1ccc(C(=O)NCC#Cc2ccc(F)cc2)cc1. The van der Waals surface area contributed by atoms with Crippen molar-refractivity contribution < 1.29 is 9.18 Å². The van der Waals surface area contributed by atoms with Gasteiger partial charge >= 0.3 is 0 Å². The van der Waals surface area contributed by atoms with E-state index in [1.54, 1.807) is 24.3 Å². The molecule has 0 radical (unpaired) electrons. The Balaban J connectivity index is 1.89. The lowest BCUT2D eigenvalue weighted by Crippen LogP contribution is -2.23. The van der Waals surface area contributed by atoms with E-state index in [1.807, 2.05) is 31.1 Å². The van der Waals surface area contributed by atoms with Gasteiger partial charge in [-0.1, -0.05) is 11.8 Å². The van der Waals surface area contributed by atoms with Crippen molar-refractivity contribution in [3.8, 4) is 11.8 Å². The normalized spacial score (nSPS) is 9.59. The second-order valence-corrected chi connectivity index (χ2v) is 4.93. The Kier molecular flexibility index (Phi) is 5.16. The lowest BCUT2D eigenvalue weighted by Gasteiger charge is -2.12. The maximum atomic E-state index is 12.7. The highest BCUT2D eigenvalue weighted by Gasteiger charge is 2.04. The zero-order valence-electron chi connectivity index (χ0n) is 12.6. The molecule has 0 fully saturated rings. The highest BCUT2D eigenvalue weighted by atomic mass is 19.1. The van der Waals surface area contributed by atoms with Crippen molar-refractivity contribution in [3.63, 3.8) is 0 Å². The van der Waals surface area contributed by atoms with Crippen molar-refractivity contribution in [3.05, 3.63) is 65.5 Å². The predicted octanol–water partition coefficient (Wildman–Crippen LogP) is 2.67. The molecule has 0 unspecified atom stereocenters. The first-order valence-corrected chi connectivity index (χ1v) is 6.86. The van der Waals surface area contributed by atoms with Gasteiger partial charge in [-0.3, -0.25) is 4.79 Å². The van der Waals surface area contributed by atoms with E-state index in [-0.39, 0.29) is 18.3 Å². The molecule has 0 aliphatic carbocycles. The molecule has 2 aromatic carbocycles. The van der Waals surface area contributed by atoms with Gasteiger partial charge < -0.3 is 10.2 Å². The van der Waals surface area contributed by atoms with E-state index in [2.05, 4.69) is 17.2 Å². The molecular weight excluding hydrogens is 279 g/mol. The lowest BCUT2D eigenvalue weighted by atomic mass is 10.2. The van der Waals surface area contributed by atoms with Gasteiger partial charge in [0, 0.05) is 30.9 Å². The number of anilines is 1. The Morgan fingerprint density at radius 2 is 1.73 bits per heavy atom. The molecule has 22 heavy (non-hydrogen) atoms. The first-order chi connectivity index (χ1) is 10.6. The van der Waals surface area contributed by atoms with Gasteiger partial charge in [0.2, 0.25) is 0 Å². The summed E-state index contributed by atoms with van der Waals surface area (Å²) in [5, 5.41) is 2.73. The number of hydrogen-bond donors (Lipinski definition) is 1. The van der Waals surface area contributed by atoms with E-state index in [1.165, 1.54) is 12.1 Å². The molecule has 3 nitrogen and oxygen atoms in total. The van der Waals surface area contributed by atoms with Gasteiger partial charge in [0.25, 0.3) is 5.91 Å². The van der Waals surface area contributed by atoms with Crippen LogP contribution in [0.3, 0.4) is 0 Å². The molecule has 1 N–H and O–H groups in total. The van der Waals surface area contributed by atoms with Crippen LogP contribution in [0.2, 0.25) is 0 Å². The molecule has 0 aliphatic heterocycles. The molecule has 0 atom stereocenters. The van der Waals surface area contributed by atoms with Crippen molar-refractivity contribution >= 4 is 11.6 Å². The second kappa shape index (κ2) is 7.28. The number of nitrogens with one attached hydrogen (secondary N) is 1. The maximum absolute atomic E-state index is 12.7. The largest absolute Gasteiger partial charge is 0.378 e. The van der Waals surface area contributed by atoms with E-state index in [0.717, 1.165) is 5.69 Å². The summed E-state index contributed by atoms with van der Waals surface area (Å²) in [7, 11) is 3.89. The van der Waals surface area contributed by atoms with Crippen LogP contribution in [0.1, 0.15) is 15.9 Å². The Bertz CT molecular complexity index is 695. The summed E-state index contributed by atoms with van der Waals surface area (Å²) in [6.07, 6.45) is 0. The molecule has 0 saturated heterocycles. The number of halogens is 1. The molecule has 0 heterocycles. The molecular formula is C18H17FN2O. The summed E-state index contributed by atoms with van der Waals surface area (Å²) in [5.41, 5.74) is 2.34. The van der Waals surface area contributed by atoms with Crippen LogP contribution in [0.15, 0.2) is 48.5 Å². The quantitative estimate of drug-likeness (QED) is 0.883. The van der Waals surface area contributed by atoms with E-state index in [4.69, 9.17) is 0 Å². The minimum Gasteiger partial charge on any atom is -0.378 e. The molecule has 2 aromatic rings. The summed E-state index contributed by atoms with van der Waals surface area (Å²) in [4.78, 5) is 13.9. The Hall–Kier alpha value is -2.80. The Labute approximate surface area is 129 Å². The average Bonchev–Trinajstić information content (AvgIpc) is 2.53. The van der Waals surface area contributed by atoms with Crippen molar-refractivity contribution in [2.45, 2.75) is 0 Å². The molecule has 112 valence electrons. The average molecular weight is 296 g/mol. The summed E-state index contributed by atoms with van der Waals surface area (Å²) < 4.78 is 12.7. The van der Waals surface area contributed by atoms with Crippen LogP contribution < -0.4 is 10.2 Å². The lowest BCUT2D eigenvalue weighted by molar-refractivity contribution is 0.0958. The van der Waals surface area contributed by atoms with Gasteiger partial charge in [0.05, 0.1) is 6.54 Å². The monoisotopic (exact) mass is 296 g/mol. The fourth-order valence-electron chi connectivity index (χ4n) is 1.82. The molecule has 2 rings (SSSR count). The van der Waals surface area contributed by atoms with Crippen molar-refractivity contribution in [1.82, 2.24) is 5.32 Å². The summed E-state index contributed by atoms with van der Waals surface area (Å²) in [6.45, 7) is 0.242. The van der Waals surface area contributed by atoms with Crippen LogP contribution in [0, 0.1) is 17.7 Å². The van der Waals surface area contributed by atoms with Crippen LogP contribution >= 0.6 is 0 Å². The van der Waals surface area contributed by atoms with Crippen molar-refractivity contribution in [1.29, 1.82) is 0 Å². The standard InChI is InChI=1S/C18H17FN2O/c1-21(2)17-11-7-15(8-12-17)18(22)20-13-3-4-14-5-9-16(19)10-6-14/h5-12H,13H2,1-2H3,(H,20,22). The minimum atomic E-state index is -0.292. The fourth-order valence-corrected chi connectivity index (χ4v) is 1.82. The van der Waals surface area contributed by atoms with E-state index < -0.39 is 0 Å². The predicted molar refractivity (Wildman–Crippen MR) is 86.4 cm³/mol. The number of hydrogen-bond acceptors (Lipinski definition) is 2. The van der Waals surface area contributed by atoms with Crippen molar-refractivity contribution in [2.75, 3.05) is 25.5 Å². The molecule has 1 amide bonds. The Morgan fingerprint density at radius 1 is 1.09 bits per heavy atom. The van der Waals surface area contributed by atoms with Crippen LogP contribution in [0.5, 0.6) is 0 Å². The Morgan fingerprint density at radius 3 is 2.32 bits per heavy atom. The maximum Gasteiger partial charge on any atom is 0.252 e. The topological polar surface area (TPSA) is 32.3 Å². The van der Waals surface area contributed by atoms with E-state index >= 15 is 0 Å². The van der Waals surface area contributed by atoms with Crippen LogP contribution in [-0.4, -0.2) is 26.5 Å². The highest BCUT2D eigenvalue weighted by molar-refractivity contribution is 5.94. The minimum absolute atomic E-state index is 0.168. The number of amides is 1. The van der Waals surface area contributed by atoms with Gasteiger partial charge in [0.1, 0.15) is 5.82 Å². The van der Waals surface area contributed by atoms with Crippen molar-refractivity contribution in [2.24, 2.45) is 0 Å². The van der Waals surface area contributed by atoms with Crippen LogP contribution in [0.4, 0.5) is 10.1 Å². The summed E-state index contributed by atoms with van der Waals surface area (Å²) >= 11 is 0. The number of rotatable bonds is 3. The number of nitrogens with zero attached hydrogens (tertiary/aromatic N) is 1. The third-order valence-corrected chi connectivity index (χ3v) is 3.06. The number of carbonyl (C=O) groups is 1. The van der Waals surface area contributed by atoms with Gasteiger partial charge in [-0.15, -0.1) is 0 Å². The number of benzene rings is 2. The van der Waals surface area contributed by atoms with Gasteiger partial charge in [0.15, 0.2) is 0 Å². The van der Waals surface area contributed by atoms with E-state index in [9.17, 15) is 9.18 Å². The smallest absolute Gasteiger partial charge is 0.252 e. The second-order valence-electron chi connectivity index (χ2n) is 4.93. The summed E-state index contributed by atoms with van der Waals surface area (Å²) in [5.74, 6) is 5.24. The molecule has 4 heteroatoms. The molecule has 0 bridgehead atoms. The zero-order chi connectivity index (χ0) is 15.9. The molecule has 0 aromatic heterocycles. The third-order valence-electron chi connectivity index (χ3n) is 3.06. The first-order valence-electron chi connectivity index (χ1n) is 6.86. The van der Waals surface area contributed by atoms with Gasteiger partial charge in [-0.2, -0.15) is 0 Å². The molecule has 0 saturated carbocycles. The van der Waals surface area contributed by atoms with E-state index in [0.29, 0.717) is 11.1 Å². The third kappa shape index (κ3) is 4.35. The molecule has 0 spiro atoms.